The molecule has 0 saturated carbocycles. The maximum Gasteiger partial charge on any atom is 0.338 e. The van der Waals surface area contributed by atoms with Crippen LogP contribution in [0.25, 0.3) is 0 Å². The van der Waals surface area contributed by atoms with Crippen molar-refractivity contribution in [2.45, 2.75) is 30.8 Å². The molecule has 0 saturated heterocycles. The fraction of sp³-hybridized carbons (Fsp3) is 0.308. The van der Waals surface area contributed by atoms with Gasteiger partial charge in [-0.1, -0.05) is 23.9 Å². The number of hydrogen-bond acceptors (Lipinski definition) is 8. The van der Waals surface area contributed by atoms with E-state index in [4.69, 9.17) is 20.2 Å². The summed E-state index contributed by atoms with van der Waals surface area (Å²) in [7, 11) is 2.10. The molecule has 0 fully saturated rings. The van der Waals surface area contributed by atoms with Crippen LogP contribution < -0.4 is 10.6 Å². The lowest BCUT2D eigenvalue weighted by molar-refractivity contribution is -0.895. The van der Waals surface area contributed by atoms with Crippen LogP contribution in [0.5, 0.6) is 0 Å². The van der Waals surface area contributed by atoms with E-state index < -0.39 is 17.7 Å². The molecule has 2 aliphatic heterocycles. The van der Waals surface area contributed by atoms with E-state index in [-0.39, 0.29) is 35.1 Å². The number of nitriles is 2. The molecule has 0 aliphatic carbocycles. The third-order valence-electron chi connectivity index (χ3n) is 6.09. The van der Waals surface area contributed by atoms with E-state index in [1.54, 1.807) is 6.92 Å². The minimum Gasteiger partial charge on any atom is -0.463 e. The van der Waals surface area contributed by atoms with Crippen LogP contribution in [-0.4, -0.2) is 36.9 Å². The monoisotopic (exact) mass is 506 g/mol. The highest BCUT2D eigenvalue weighted by atomic mass is 32.2. The zero-order chi connectivity index (χ0) is 25.8. The number of nitrogens with two attached hydrogens (primary N) is 1. The van der Waals surface area contributed by atoms with Gasteiger partial charge in [0.05, 0.1) is 48.7 Å². The van der Waals surface area contributed by atoms with Gasteiger partial charge >= 0.3 is 5.97 Å². The molecule has 8 nitrogen and oxygen atoms in total. The molecule has 10 heteroatoms. The number of rotatable bonds is 6. The number of allylic oxidation sites excluding steroid dienone is 1. The number of likely N-dealkylation sites (N-methyl/N-ethyl adjacent to an activating group) is 1. The number of hydrogen-bond donors (Lipinski definition) is 2. The second-order valence-corrected chi connectivity index (χ2v) is 9.48. The van der Waals surface area contributed by atoms with Crippen molar-refractivity contribution in [2.24, 2.45) is 5.73 Å². The molecule has 4 rings (SSSR count). The minimum atomic E-state index is -0.885. The van der Waals surface area contributed by atoms with Gasteiger partial charge in [-0.2, -0.15) is 10.5 Å². The molecule has 1 aromatic carbocycles. The van der Waals surface area contributed by atoms with Crippen molar-refractivity contribution in [3.8, 4) is 12.1 Å². The molecule has 0 bridgehead atoms. The molecule has 1 aromatic heterocycles. The van der Waals surface area contributed by atoms with E-state index in [2.05, 4.69) is 13.1 Å². The number of thioether (sulfide) groups is 1. The Hall–Kier alpha value is -3.86. The predicted molar refractivity (Wildman–Crippen MR) is 130 cm³/mol. The van der Waals surface area contributed by atoms with Crippen LogP contribution >= 0.6 is 11.8 Å². The number of esters is 1. The Morgan fingerprint density at radius 1 is 1.33 bits per heavy atom. The Kier molecular flexibility index (Phi) is 7.58. The smallest absolute Gasteiger partial charge is 0.338 e. The third kappa shape index (κ3) is 5.06. The summed E-state index contributed by atoms with van der Waals surface area (Å²) in [4.78, 5) is 19.2. The Labute approximate surface area is 212 Å². The fourth-order valence-electron chi connectivity index (χ4n) is 4.36. The van der Waals surface area contributed by atoms with Crippen LogP contribution in [0.15, 0.2) is 58.1 Å². The summed E-state index contributed by atoms with van der Waals surface area (Å²) in [5.74, 6) is -1.81. The summed E-state index contributed by atoms with van der Waals surface area (Å²) in [6.45, 7) is 3.55. The standard InChI is InChI=1S/C26H24FN5O3S/c1-3-34-26(33)23-21(35-24(30)19(12-29)22(23)15-4-6-18(27)7-5-15)14-36-25-16(11-28)10-17-13-32(2)9-8-20(17)31-25/h4-7,10,22H,3,8-9,13-14,30H2,1-2H3/p+1/t22-/m0/s1. The number of fused-ring (bicyclic) bond motifs is 1. The van der Waals surface area contributed by atoms with Crippen LogP contribution in [0.2, 0.25) is 0 Å². The first kappa shape index (κ1) is 25.2. The molecule has 0 spiro atoms. The summed E-state index contributed by atoms with van der Waals surface area (Å²) >= 11 is 1.25. The van der Waals surface area contributed by atoms with Crippen molar-refractivity contribution < 1.29 is 23.6 Å². The zero-order valence-electron chi connectivity index (χ0n) is 19.9. The lowest BCUT2D eigenvalue weighted by atomic mass is 9.83. The second kappa shape index (κ2) is 10.8. The molecular weight excluding hydrogens is 481 g/mol. The summed E-state index contributed by atoms with van der Waals surface area (Å²) in [5.41, 5.74) is 9.21. The Balaban J connectivity index is 1.74. The Bertz CT molecular complexity index is 1340. The van der Waals surface area contributed by atoms with Gasteiger partial charge in [0.1, 0.15) is 40.9 Å². The van der Waals surface area contributed by atoms with E-state index >= 15 is 0 Å². The number of nitrogens with one attached hydrogen (secondary N) is 1. The number of pyridine rings is 1. The molecule has 3 N–H and O–H groups in total. The van der Waals surface area contributed by atoms with E-state index in [9.17, 15) is 19.7 Å². The van der Waals surface area contributed by atoms with Gasteiger partial charge in [0, 0.05) is 12.0 Å². The summed E-state index contributed by atoms with van der Waals surface area (Å²) < 4.78 is 24.7. The normalized spacial score (nSPS) is 19.1. The minimum absolute atomic E-state index is 0.0367. The lowest BCUT2D eigenvalue weighted by Crippen LogP contribution is -3.08. The first-order valence-electron chi connectivity index (χ1n) is 11.5. The zero-order valence-corrected chi connectivity index (χ0v) is 20.7. The average Bonchev–Trinajstić information content (AvgIpc) is 2.87. The maximum absolute atomic E-state index is 13.6. The second-order valence-electron chi connectivity index (χ2n) is 8.51. The van der Waals surface area contributed by atoms with Gasteiger partial charge in [0.15, 0.2) is 0 Å². The number of carbonyl (C=O) groups is 1. The highest BCUT2D eigenvalue weighted by Gasteiger charge is 2.37. The van der Waals surface area contributed by atoms with Crippen LogP contribution in [0, 0.1) is 28.5 Å². The maximum atomic E-state index is 13.6. The number of ether oxygens (including phenoxy) is 2. The summed E-state index contributed by atoms with van der Waals surface area (Å²) in [6.07, 6.45) is 0.807. The number of halogens is 1. The quantitative estimate of drug-likeness (QED) is 0.451. The predicted octanol–water partition coefficient (Wildman–Crippen LogP) is 2.08. The number of nitrogens with zero attached hydrogens (tertiary/aromatic N) is 3. The van der Waals surface area contributed by atoms with E-state index in [0.29, 0.717) is 16.2 Å². The molecule has 2 aromatic rings. The highest BCUT2D eigenvalue weighted by molar-refractivity contribution is 7.99. The van der Waals surface area contributed by atoms with Gasteiger partial charge in [-0.15, -0.1) is 0 Å². The molecule has 2 atom stereocenters. The SMILES string of the molecule is CCOC(=O)C1=C(CSc2nc3c(cc2C#N)C[NH+](C)CC3)OC(N)=C(C#N)[C@@H]1c1ccc(F)cc1. The Morgan fingerprint density at radius 2 is 2.08 bits per heavy atom. The van der Waals surface area contributed by atoms with Crippen LogP contribution in [0.4, 0.5) is 4.39 Å². The van der Waals surface area contributed by atoms with Crippen molar-refractivity contribution in [1.82, 2.24) is 4.98 Å². The number of benzene rings is 1. The molecule has 1 unspecified atom stereocenters. The van der Waals surface area contributed by atoms with Crippen molar-refractivity contribution in [3.63, 3.8) is 0 Å². The van der Waals surface area contributed by atoms with E-state index in [0.717, 1.165) is 30.8 Å². The topological polar surface area (TPSA) is 126 Å². The number of carbonyl (C=O) groups excluding carboxylic acids is 1. The molecule has 0 amide bonds. The number of aromatic nitrogens is 1. The van der Waals surface area contributed by atoms with Crippen LogP contribution in [-0.2, 0) is 27.2 Å². The molecule has 36 heavy (non-hydrogen) atoms. The summed E-state index contributed by atoms with van der Waals surface area (Å²) in [5, 5.41) is 20.1. The van der Waals surface area contributed by atoms with Crippen molar-refractivity contribution >= 4 is 17.7 Å². The average molecular weight is 507 g/mol. The molecule has 3 heterocycles. The van der Waals surface area contributed by atoms with Gasteiger partial charge in [-0.05, 0) is 30.7 Å². The van der Waals surface area contributed by atoms with Crippen LogP contribution in [0.3, 0.4) is 0 Å². The molecule has 184 valence electrons. The third-order valence-corrected chi connectivity index (χ3v) is 7.08. The Morgan fingerprint density at radius 3 is 2.75 bits per heavy atom. The first-order valence-corrected chi connectivity index (χ1v) is 12.4. The largest absolute Gasteiger partial charge is 0.463 e. The summed E-state index contributed by atoms with van der Waals surface area (Å²) in [6, 6.07) is 11.6. The molecular formula is C26H25FN5O3S+. The van der Waals surface area contributed by atoms with Crippen molar-refractivity contribution in [3.05, 3.63) is 81.3 Å². The van der Waals surface area contributed by atoms with Crippen LogP contribution in [0.1, 0.15) is 35.2 Å². The molecule has 0 radical (unpaired) electrons. The van der Waals surface area contributed by atoms with Gasteiger partial charge in [0.2, 0.25) is 5.88 Å². The highest BCUT2D eigenvalue weighted by Crippen LogP contribution is 2.41. The van der Waals surface area contributed by atoms with Gasteiger partial charge in [-0.25, -0.2) is 14.2 Å². The van der Waals surface area contributed by atoms with Gasteiger partial charge in [0.25, 0.3) is 0 Å². The molecule has 2 aliphatic rings. The number of quaternary nitrogens is 1. The van der Waals surface area contributed by atoms with Gasteiger partial charge < -0.3 is 20.1 Å². The van der Waals surface area contributed by atoms with E-state index in [1.165, 1.54) is 40.9 Å². The first-order chi connectivity index (χ1) is 17.4. The van der Waals surface area contributed by atoms with Gasteiger partial charge in [-0.3, -0.25) is 0 Å². The van der Waals surface area contributed by atoms with Crippen molar-refractivity contribution in [1.29, 1.82) is 10.5 Å². The lowest BCUT2D eigenvalue weighted by Gasteiger charge is -2.28. The van der Waals surface area contributed by atoms with Crippen molar-refractivity contribution in [2.75, 3.05) is 26.0 Å². The van der Waals surface area contributed by atoms with E-state index in [1.807, 2.05) is 12.1 Å². The fourth-order valence-corrected chi connectivity index (χ4v) is 5.28.